The largest absolute Gasteiger partial charge is 0.352 e. The number of nitrogens with one attached hydrogen (secondary N) is 1. The highest BCUT2D eigenvalue weighted by molar-refractivity contribution is 5.42. The van der Waals surface area contributed by atoms with Gasteiger partial charge in [-0.1, -0.05) is 20.8 Å². The van der Waals surface area contributed by atoms with Crippen LogP contribution >= 0.6 is 0 Å². The Hall–Kier alpha value is -1.95. The molecule has 0 spiro atoms. The summed E-state index contributed by atoms with van der Waals surface area (Å²) in [6.07, 6.45) is 3.61. The van der Waals surface area contributed by atoms with Gasteiger partial charge in [0.1, 0.15) is 0 Å². The maximum absolute atomic E-state index is 4.53. The fourth-order valence-corrected chi connectivity index (χ4v) is 3.70. The monoisotopic (exact) mass is 340 g/mol. The molecule has 2 aromatic heterocycles. The van der Waals surface area contributed by atoms with E-state index >= 15 is 0 Å². The van der Waals surface area contributed by atoms with Gasteiger partial charge in [0.15, 0.2) is 5.82 Å². The summed E-state index contributed by atoms with van der Waals surface area (Å²) in [4.78, 5) is 4.72. The first-order valence-electron chi connectivity index (χ1n) is 9.26. The van der Waals surface area contributed by atoms with Crippen molar-refractivity contribution >= 4 is 5.82 Å². The molecular formula is C19H28N6. The van der Waals surface area contributed by atoms with Gasteiger partial charge in [-0.25, -0.2) is 0 Å². The molecule has 0 saturated carbocycles. The molecule has 4 rings (SSSR count). The SMILES string of the molecule is CN(Cc1n[nH]c2c1CCC2)C1CN(c2ccc(C(C)(C)C)nn2)C1. The third-order valence-electron chi connectivity index (χ3n) is 5.52. The average molecular weight is 340 g/mol. The Labute approximate surface area is 149 Å². The Kier molecular flexibility index (Phi) is 4.02. The van der Waals surface area contributed by atoms with E-state index in [1.165, 1.54) is 29.8 Å². The molecule has 1 saturated heterocycles. The van der Waals surface area contributed by atoms with Crippen molar-refractivity contribution in [2.75, 3.05) is 25.0 Å². The minimum Gasteiger partial charge on any atom is -0.352 e. The molecule has 1 aliphatic carbocycles. The molecule has 1 N–H and O–H groups in total. The van der Waals surface area contributed by atoms with Gasteiger partial charge in [-0.3, -0.25) is 10.00 Å². The zero-order chi connectivity index (χ0) is 17.6. The molecule has 25 heavy (non-hydrogen) atoms. The summed E-state index contributed by atoms with van der Waals surface area (Å²) in [7, 11) is 2.20. The summed E-state index contributed by atoms with van der Waals surface area (Å²) in [5.74, 6) is 0.985. The Balaban J connectivity index is 1.33. The first-order chi connectivity index (χ1) is 11.9. The van der Waals surface area contributed by atoms with Crippen LogP contribution in [-0.2, 0) is 24.8 Å². The Bertz CT molecular complexity index is 736. The molecule has 0 amide bonds. The molecule has 0 unspecified atom stereocenters. The zero-order valence-corrected chi connectivity index (χ0v) is 15.7. The third-order valence-corrected chi connectivity index (χ3v) is 5.52. The van der Waals surface area contributed by atoms with Crippen LogP contribution in [0.2, 0.25) is 0 Å². The quantitative estimate of drug-likeness (QED) is 0.925. The lowest BCUT2D eigenvalue weighted by Gasteiger charge is -2.44. The number of nitrogens with zero attached hydrogens (tertiary/aromatic N) is 5. The molecule has 0 radical (unpaired) electrons. The lowest BCUT2D eigenvalue weighted by atomic mass is 9.92. The van der Waals surface area contributed by atoms with Crippen molar-refractivity contribution in [1.82, 2.24) is 25.3 Å². The van der Waals surface area contributed by atoms with Crippen LogP contribution in [0.4, 0.5) is 5.82 Å². The van der Waals surface area contributed by atoms with Crippen molar-refractivity contribution in [2.24, 2.45) is 0 Å². The molecule has 0 bridgehead atoms. The number of hydrogen-bond donors (Lipinski definition) is 1. The van der Waals surface area contributed by atoms with E-state index in [0.717, 1.165) is 37.6 Å². The van der Waals surface area contributed by atoms with Crippen molar-refractivity contribution in [3.05, 3.63) is 34.8 Å². The van der Waals surface area contributed by atoms with Gasteiger partial charge in [-0.2, -0.15) is 10.2 Å². The second-order valence-corrected chi connectivity index (χ2v) is 8.48. The maximum Gasteiger partial charge on any atom is 0.151 e. The standard InChI is InChI=1S/C19H28N6/c1-19(2,3)17-8-9-18(23-22-17)25-10-13(11-25)24(4)12-16-14-6-5-7-15(14)20-21-16/h8-9,13H,5-7,10-12H2,1-4H3,(H,20,21). The number of fused-ring (bicyclic) bond motifs is 1. The summed E-state index contributed by atoms with van der Waals surface area (Å²) < 4.78 is 0. The van der Waals surface area contributed by atoms with E-state index in [0.29, 0.717) is 6.04 Å². The summed E-state index contributed by atoms with van der Waals surface area (Å²) in [6, 6.07) is 4.76. The predicted octanol–water partition coefficient (Wildman–Crippen LogP) is 2.31. The summed E-state index contributed by atoms with van der Waals surface area (Å²) in [5, 5.41) is 16.6. The van der Waals surface area contributed by atoms with Crippen LogP contribution in [0.1, 0.15) is 49.8 Å². The smallest absolute Gasteiger partial charge is 0.151 e. The van der Waals surface area contributed by atoms with Gasteiger partial charge in [0.05, 0.1) is 11.4 Å². The predicted molar refractivity (Wildman–Crippen MR) is 98.8 cm³/mol. The second-order valence-electron chi connectivity index (χ2n) is 8.48. The Morgan fingerprint density at radius 3 is 2.68 bits per heavy atom. The van der Waals surface area contributed by atoms with Gasteiger partial charge >= 0.3 is 0 Å². The van der Waals surface area contributed by atoms with E-state index in [-0.39, 0.29) is 5.41 Å². The molecule has 134 valence electrons. The van der Waals surface area contributed by atoms with Gasteiger partial charge in [-0.05, 0) is 44.0 Å². The van der Waals surface area contributed by atoms with Crippen LogP contribution in [0, 0.1) is 0 Å². The van der Waals surface area contributed by atoms with E-state index in [9.17, 15) is 0 Å². The van der Waals surface area contributed by atoms with Crippen molar-refractivity contribution in [3.63, 3.8) is 0 Å². The van der Waals surface area contributed by atoms with E-state index in [4.69, 9.17) is 0 Å². The number of H-pyrrole nitrogens is 1. The first kappa shape index (κ1) is 16.5. The van der Waals surface area contributed by atoms with Crippen molar-refractivity contribution < 1.29 is 0 Å². The van der Waals surface area contributed by atoms with Crippen molar-refractivity contribution in [2.45, 2.75) is 58.0 Å². The highest BCUT2D eigenvalue weighted by Crippen LogP contribution is 2.27. The summed E-state index contributed by atoms with van der Waals surface area (Å²) in [6.45, 7) is 9.43. The highest BCUT2D eigenvalue weighted by atomic mass is 15.4. The number of hydrogen-bond acceptors (Lipinski definition) is 5. The molecule has 1 fully saturated rings. The van der Waals surface area contributed by atoms with E-state index in [1.807, 2.05) is 0 Å². The van der Waals surface area contributed by atoms with E-state index < -0.39 is 0 Å². The molecule has 0 atom stereocenters. The third kappa shape index (κ3) is 3.15. The number of aromatic nitrogens is 4. The summed E-state index contributed by atoms with van der Waals surface area (Å²) in [5.41, 5.74) is 5.15. The second kappa shape index (κ2) is 6.09. The molecule has 6 heteroatoms. The molecule has 1 aliphatic heterocycles. The Morgan fingerprint density at radius 2 is 2.00 bits per heavy atom. The lowest BCUT2D eigenvalue weighted by molar-refractivity contribution is 0.194. The Morgan fingerprint density at radius 1 is 1.20 bits per heavy atom. The van der Waals surface area contributed by atoms with Crippen molar-refractivity contribution in [1.29, 1.82) is 0 Å². The van der Waals surface area contributed by atoms with Gasteiger partial charge in [0.25, 0.3) is 0 Å². The van der Waals surface area contributed by atoms with Crippen LogP contribution in [0.5, 0.6) is 0 Å². The maximum atomic E-state index is 4.53. The van der Waals surface area contributed by atoms with Crippen LogP contribution in [-0.4, -0.2) is 51.5 Å². The fraction of sp³-hybridized carbons (Fsp3) is 0.632. The number of rotatable bonds is 4. The highest BCUT2D eigenvalue weighted by Gasteiger charge is 2.32. The molecular weight excluding hydrogens is 312 g/mol. The lowest BCUT2D eigenvalue weighted by Crippen LogP contribution is -2.58. The number of likely N-dealkylation sites (N-methyl/N-ethyl adjacent to an activating group) is 1. The normalized spacial score (nSPS) is 17.9. The number of aromatic amines is 1. The van der Waals surface area contributed by atoms with E-state index in [2.05, 4.69) is 70.1 Å². The van der Waals surface area contributed by atoms with Gasteiger partial charge in [-0.15, -0.1) is 5.10 Å². The molecule has 6 nitrogen and oxygen atoms in total. The van der Waals surface area contributed by atoms with Crippen LogP contribution in [0.3, 0.4) is 0 Å². The van der Waals surface area contributed by atoms with Gasteiger partial charge < -0.3 is 4.90 Å². The molecule has 3 heterocycles. The van der Waals surface area contributed by atoms with Gasteiger partial charge in [0.2, 0.25) is 0 Å². The first-order valence-corrected chi connectivity index (χ1v) is 9.26. The number of aryl methyl sites for hydroxylation is 1. The topological polar surface area (TPSA) is 60.9 Å². The van der Waals surface area contributed by atoms with Crippen LogP contribution in [0.25, 0.3) is 0 Å². The van der Waals surface area contributed by atoms with E-state index in [1.54, 1.807) is 0 Å². The average Bonchev–Trinajstić information content (AvgIpc) is 3.10. The summed E-state index contributed by atoms with van der Waals surface area (Å²) >= 11 is 0. The fourth-order valence-electron chi connectivity index (χ4n) is 3.70. The van der Waals surface area contributed by atoms with Crippen LogP contribution < -0.4 is 4.90 Å². The molecule has 2 aromatic rings. The molecule has 2 aliphatic rings. The zero-order valence-electron chi connectivity index (χ0n) is 15.7. The minimum atomic E-state index is 0.0487. The minimum absolute atomic E-state index is 0.0487. The number of anilines is 1. The van der Waals surface area contributed by atoms with Crippen molar-refractivity contribution in [3.8, 4) is 0 Å². The molecule has 0 aromatic carbocycles. The van der Waals surface area contributed by atoms with Gasteiger partial charge in [0, 0.05) is 36.8 Å². The van der Waals surface area contributed by atoms with Crippen LogP contribution in [0.15, 0.2) is 12.1 Å².